The molecule has 0 bridgehead atoms. The second kappa shape index (κ2) is 7.24. The lowest BCUT2D eigenvalue weighted by molar-refractivity contribution is -0.139. The molecule has 1 rings (SSSR count). The second-order valence-corrected chi connectivity index (χ2v) is 4.00. The van der Waals surface area contributed by atoms with E-state index in [4.69, 9.17) is 4.74 Å². The highest BCUT2D eigenvalue weighted by Gasteiger charge is 2.25. The molecular weight excluding hydrogens is 222 g/mol. The quantitative estimate of drug-likeness (QED) is 0.647. The molecule has 0 aromatic rings. The van der Waals surface area contributed by atoms with Gasteiger partial charge in [0.15, 0.2) is 0 Å². The molecule has 1 saturated heterocycles. The Balaban J connectivity index is 2.47. The predicted molar refractivity (Wildman–Crippen MR) is 63.5 cm³/mol. The summed E-state index contributed by atoms with van der Waals surface area (Å²) in [6, 6.07) is -0.422. The van der Waals surface area contributed by atoms with Gasteiger partial charge in [-0.15, -0.1) is 0 Å². The number of nitrogens with zero attached hydrogens (tertiary/aromatic N) is 1. The molecule has 1 aliphatic rings. The summed E-state index contributed by atoms with van der Waals surface area (Å²) in [6.45, 7) is 4.49. The second-order valence-electron chi connectivity index (χ2n) is 4.00. The number of carbonyl (C=O) groups excluding carboxylic acids is 2. The Morgan fingerprint density at radius 2 is 2.00 bits per heavy atom. The molecule has 1 heterocycles. The van der Waals surface area contributed by atoms with E-state index in [1.807, 2.05) is 6.92 Å². The first-order valence-electron chi connectivity index (χ1n) is 5.99. The molecule has 6 heteroatoms. The molecule has 0 saturated carbocycles. The molecule has 0 radical (unpaired) electrons. The van der Waals surface area contributed by atoms with E-state index in [0.717, 1.165) is 0 Å². The number of hydrogen-bond donors (Lipinski definition) is 2. The molecule has 1 aliphatic heterocycles. The van der Waals surface area contributed by atoms with Gasteiger partial charge in [0.2, 0.25) is 11.8 Å². The summed E-state index contributed by atoms with van der Waals surface area (Å²) >= 11 is 0. The monoisotopic (exact) mass is 243 g/mol. The zero-order chi connectivity index (χ0) is 12.7. The molecule has 2 amide bonds. The molecule has 1 fully saturated rings. The van der Waals surface area contributed by atoms with Crippen molar-refractivity contribution in [2.45, 2.75) is 19.4 Å². The molecule has 6 nitrogen and oxygen atoms in total. The van der Waals surface area contributed by atoms with Gasteiger partial charge < -0.3 is 20.3 Å². The normalized spacial score (nSPS) is 17.6. The van der Waals surface area contributed by atoms with Gasteiger partial charge in [-0.25, -0.2) is 0 Å². The minimum atomic E-state index is -0.422. The zero-order valence-corrected chi connectivity index (χ0v) is 10.5. The van der Waals surface area contributed by atoms with Crippen LogP contribution in [0.5, 0.6) is 0 Å². The van der Waals surface area contributed by atoms with Crippen molar-refractivity contribution in [3.63, 3.8) is 0 Å². The molecule has 17 heavy (non-hydrogen) atoms. The van der Waals surface area contributed by atoms with E-state index in [1.165, 1.54) is 0 Å². The molecular formula is C11H21N3O3. The van der Waals surface area contributed by atoms with Crippen LogP contribution in [-0.2, 0) is 14.3 Å². The van der Waals surface area contributed by atoms with Crippen LogP contribution in [0.25, 0.3) is 0 Å². The topological polar surface area (TPSA) is 70.7 Å². The summed E-state index contributed by atoms with van der Waals surface area (Å²) in [5.41, 5.74) is 0. The van der Waals surface area contributed by atoms with Crippen molar-refractivity contribution in [2.75, 3.05) is 39.9 Å². The fraction of sp³-hybridized carbons (Fsp3) is 0.818. The van der Waals surface area contributed by atoms with Crippen molar-refractivity contribution in [3.05, 3.63) is 0 Å². The Kier molecular flexibility index (Phi) is 5.93. The summed E-state index contributed by atoms with van der Waals surface area (Å²) in [6.07, 6.45) is 0.603. The Labute approximate surface area is 102 Å². The molecule has 0 aromatic carbocycles. The van der Waals surface area contributed by atoms with Crippen LogP contribution in [0.3, 0.4) is 0 Å². The lowest BCUT2D eigenvalue weighted by Gasteiger charge is -2.30. The fourth-order valence-electron chi connectivity index (χ4n) is 1.75. The van der Waals surface area contributed by atoms with E-state index in [0.29, 0.717) is 32.7 Å². The van der Waals surface area contributed by atoms with Crippen LogP contribution in [0.2, 0.25) is 0 Å². The Hall–Kier alpha value is -1.14. The predicted octanol–water partition coefficient (Wildman–Crippen LogP) is -1.04. The zero-order valence-electron chi connectivity index (χ0n) is 10.5. The first-order valence-corrected chi connectivity index (χ1v) is 5.99. The van der Waals surface area contributed by atoms with Crippen LogP contribution in [0.1, 0.15) is 13.3 Å². The third-order valence-corrected chi connectivity index (χ3v) is 2.70. The SMILES string of the molecule is CCC(NC(=O)CNC)C(=O)N1CCOCC1. The van der Waals surface area contributed by atoms with E-state index < -0.39 is 6.04 Å². The highest BCUT2D eigenvalue weighted by Crippen LogP contribution is 2.03. The van der Waals surface area contributed by atoms with Gasteiger partial charge in [0.1, 0.15) is 6.04 Å². The molecule has 1 unspecified atom stereocenters. The van der Waals surface area contributed by atoms with Crippen LogP contribution < -0.4 is 10.6 Å². The van der Waals surface area contributed by atoms with Crippen molar-refractivity contribution in [2.24, 2.45) is 0 Å². The number of carbonyl (C=O) groups is 2. The van der Waals surface area contributed by atoms with Crippen LogP contribution in [0.15, 0.2) is 0 Å². The third kappa shape index (κ3) is 4.32. The Morgan fingerprint density at radius 1 is 1.35 bits per heavy atom. The first kappa shape index (κ1) is 13.9. The maximum absolute atomic E-state index is 12.1. The van der Waals surface area contributed by atoms with E-state index in [1.54, 1.807) is 11.9 Å². The summed E-state index contributed by atoms with van der Waals surface area (Å²) in [7, 11) is 1.70. The van der Waals surface area contributed by atoms with Crippen LogP contribution in [0.4, 0.5) is 0 Å². The first-order chi connectivity index (χ1) is 8.19. The van der Waals surface area contributed by atoms with Crippen molar-refractivity contribution in [1.29, 1.82) is 0 Å². The maximum Gasteiger partial charge on any atom is 0.245 e. The van der Waals surface area contributed by atoms with Crippen molar-refractivity contribution in [3.8, 4) is 0 Å². The highest BCUT2D eigenvalue weighted by atomic mass is 16.5. The van der Waals surface area contributed by atoms with E-state index in [2.05, 4.69) is 10.6 Å². The van der Waals surface area contributed by atoms with E-state index in [-0.39, 0.29) is 18.4 Å². The van der Waals surface area contributed by atoms with Gasteiger partial charge >= 0.3 is 0 Å². The molecule has 0 aromatic heterocycles. The lowest BCUT2D eigenvalue weighted by atomic mass is 10.2. The van der Waals surface area contributed by atoms with Gasteiger partial charge in [-0.1, -0.05) is 6.92 Å². The molecule has 2 N–H and O–H groups in total. The number of morpholine rings is 1. The number of rotatable bonds is 5. The number of amides is 2. The van der Waals surface area contributed by atoms with E-state index >= 15 is 0 Å². The van der Waals surface area contributed by atoms with Crippen molar-refractivity contribution < 1.29 is 14.3 Å². The summed E-state index contributed by atoms with van der Waals surface area (Å²) in [5, 5.41) is 5.49. The van der Waals surface area contributed by atoms with Gasteiger partial charge in [0, 0.05) is 13.1 Å². The Morgan fingerprint density at radius 3 is 2.53 bits per heavy atom. The average Bonchev–Trinajstić information content (AvgIpc) is 2.36. The maximum atomic E-state index is 12.1. The minimum absolute atomic E-state index is 0.0137. The van der Waals surface area contributed by atoms with Gasteiger partial charge in [-0.3, -0.25) is 9.59 Å². The van der Waals surface area contributed by atoms with E-state index in [9.17, 15) is 9.59 Å². The lowest BCUT2D eigenvalue weighted by Crippen LogP contribution is -2.52. The molecule has 0 spiro atoms. The molecule has 1 atom stereocenters. The highest BCUT2D eigenvalue weighted by molar-refractivity contribution is 5.88. The Bertz CT molecular complexity index is 265. The van der Waals surface area contributed by atoms with Crippen LogP contribution in [-0.4, -0.2) is 62.7 Å². The van der Waals surface area contributed by atoms with Gasteiger partial charge in [-0.05, 0) is 13.5 Å². The fourth-order valence-corrected chi connectivity index (χ4v) is 1.75. The average molecular weight is 243 g/mol. The summed E-state index contributed by atoms with van der Waals surface area (Å²) in [5.74, 6) is -0.166. The number of nitrogens with one attached hydrogen (secondary N) is 2. The minimum Gasteiger partial charge on any atom is -0.378 e. The van der Waals surface area contributed by atoms with Crippen molar-refractivity contribution in [1.82, 2.24) is 15.5 Å². The van der Waals surface area contributed by atoms with Gasteiger partial charge in [-0.2, -0.15) is 0 Å². The summed E-state index contributed by atoms with van der Waals surface area (Å²) in [4.78, 5) is 25.3. The number of ether oxygens (including phenoxy) is 1. The standard InChI is InChI=1S/C11H21N3O3/c1-3-9(13-10(15)8-12-2)11(16)14-4-6-17-7-5-14/h9,12H,3-8H2,1-2H3,(H,13,15). The third-order valence-electron chi connectivity index (χ3n) is 2.70. The molecule has 98 valence electrons. The largest absolute Gasteiger partial charge is 0.378 e. The summed E-state index contributed by atoms with van der Waals surface area (Å²) < 4.78 is 5.19. The van der Waals surface area contributed by atoms with Gasteiger partial charge in [0.25, 0.3) is 0 Å². The van der Waals surface area contributed by atoms with Crippen molar-refractivity contribution >= 4 is 11.8 Å². The molecule has 0 aliphatic carbocycles. The van der Waals surface area contributed by atoms with Crippen LogP contribution >= 0.6 is 0 Å². The smallest absolute Gasteiger partial charge is 0.245 e. The van der Waals surface area contributed by atoms with Crippen LogP contribution in [0, 0.1) is 0 Å². The number of hydrogen-bond acceptors (Lipinski definition) is 4. The van der Waals surface area contributed by atoms with Gasteiger partial charge in [0.05, 0.1) is 19.8 Å². The number of likely N-dealkylation sites (N-methyl/N-ethyl adjacent to an activating group) is 1.